The molecule has 2 aromatic carbocycles. The van der Waals surface area contributed by atoms with Crippen LogP contribution >= 0.6 is 7.75 Å². The van der Waals surface area contributed by atoms with E-state index in [0.717, 1.165) is 16.2 Å². The van der Waals surface area contributed by atoms with Gasteiger partial charge in [0, 0.05) is 18.7 Å². The molecule has 0 amide bonds. The van der Waals surface area contributed by atoms with Crippen LogP contribution in [0, 0.1) is 0 Å². The lowest BCUT2D eigenvalue weighted by molar-refractivity contribution is -0.227. The Morgan fingerprint density at radius 3 is 2.49 bits per heavy atom. The van der Waals surface area contributed by atoms with E-state index in [0.29, 0.717) is 13.0 Å². The first-order valence-electron chi connectivity index (χ1n) is 13.0. The highest BCUT2D eigenvalue weighted by atomic mass is 31.2. The summed E-state index contributed by atoms with van der Waals surface area (Å²) in [6, 6.07) is 17.3. The minimum Gasteiger partial charge on any atom is -0.460 e. The molecule has 0 aliphatic carbocycles. The number of ether oxygens (including phenoxy) is 3. The maximum absolute atomic E-state index is 13.9. The summed E-state index contributed by atoms with van der Waals surface area (Å²) >= 11 is 0. The number of H-pyrrole nitrogens is 1. The molecule has 14 heteroatoms. The van der Waals surface area contributed by atoms with Crippen LogP contribution in [0.5, 0.6) is 5.75 Å². The molecule has 0 unspecified atom stereocenters. The zero-order chi connectivity index (χ0) is 29.0. The Bertz CT molecular complexity index is 1510. The standard InChI is InChI=1S/C27H30N3O10P/c1-18(24(33)36-16-19-8-4-2-5-9-19)29-41(35,40-20-10-6-3-7-11-20)38-17-21-23(32)27(13-15-37-27)25(39-21)30-14-12-22(31)28-26(30)34/h2-12,14,18,21,23,25,32H,13,15-17H2,1H3,(H,29,35)(H,28,31,34)/t18-,21+,23+,25+,27+,41+/m0/s1. The molecular formula is C27H30N3O10P. The lowest BCUT2D eigenvalue weighted by Crippen LogP contribution is -2.57. The number of rotatable bonds is 11. The van der Waals surface area contributed by atoms with Crippen LogP contribution in [0.4, 0.5) is 0 Å². The van der Waals surface area contributed by atoms with Gasteiger partial charge in [-0.3, -0.25) is 23.7 Å². The van der Waals surface area contributed by atoms with Crippen LogP contribution < -0.4 is 20.9 Å². The van der Waals surface area contributed by atoms with E-state index >= 15 is 0 Å². The van der Waals surface area contributed by atoms with Crippen molar-refractivity contribution in [3.63, 3.8) is 0 Å². The van der Waals surface area contributed by atoms with Crippen molar-refractivity contribution in [2.45, 2.75) is 50.0 Å². The summed E-state index contributed by atoms with van der Waals surface area (Å²) < 4.78 is 43.4. The lowest BCUT2D eigenvalue weighted by Gasteiger charge is -2.44. The van der Waals surface area contributed by atoms with Crippen LogP contribution in [0.15, 0.2) is 82.5 Å². The van der Waals surface area contributed by atoms with Crippen LogP contribution in [0.3, 0.4) is 0 Å². The lowest BCUT2D eigenvalue weighted by atomic mass is 9.86. The van der Waals surface area contributed by atoms with Gasteiger partial charge in [-0.2, -0.15) is 5.09 Å². The Balaban J connectivity index is 1.30. The number of nitrogens with one attached hydrogen (secondary N) is 2. The predicted octanol–water partition coefficient (Wildman–Crippen LogP) is 1.88. The average molecular weight is 588 g/mol. The summed E-state index contributed by atoms with van der Waals surface area (Å²) in [5.74, 6) is -0.483. The van der Waals surface area contributed by atoms with E-state index in [1.165, 1.54) is 13.1 Å². The van der Waals surface area contributed by atoms with Crippen molar-refractivity contribution in [1.29, 1.82) is 0 Å². The van der Waals surface area contributed by atoms with E-state index < -0.39 is 61.7 Å². The summed E-state index contributed by atoms with van der Waals surface area (Å²) in [5.41, 5.74) is -1.82. The van der Waals surface area contributed by atoms with E-state index in [2.05, 4.69) is 10.1 Å². The molecule has 3 heterocycles. The smallest absolute Gasteiger partial charge is 0.459 e. The van der Waals surface area contributed by atoms with Crippen molar-refractivity contribution in [3.8, 4) is 5.75 Å². The van der Waals surface area contributed by atoms with E-state index in [4.69, 9.17) is 23.3 Å². The molecule has 6 atom stereocenters. The van der Waals surface area contributed by atoms with Crippen molar-refractivity contribution >= 4 is 13.7 Å². The second kappa shape index (κ2) is 12.1. The minimum atomic E-state index is -4.26. The average Bonchev–Trinajstić information content (AvgIpc) is 3.24. The molecule has 5 rings (SSSR count). The number of carbonyl (C=O) groups excluding carboxylic acids is 1. The number of nitrogens with zero attached hydrogens (tertiary/aromatic N) is 1. The molecule has 0 saturated carbocycles. The van der Waals surface area contributed by atoms with E-state index in [1.807, 2.05) is 18.2 Å². The van der Waals surface area contributed by atoms with Gasteiger partial charge in [0.05, 0.1) is 13.2 Å². The summed E-state index contributed by atoms with van der Waals surface area (Å²) in [6.07, 6.45) is -1.86. The van der Waals surface area contributed by atoms with Gasteiger partial charge in [0.25, 0.3) is 5.56 Å². The van der Waals surface area contributed by atoms with Gasteiger partial charge >= 0.3 is 19.4 Å². The number of esters is 1. The Morgan fingerprint density at radius 1 is 1.17 bits per heavy atom. The number of hydrogen-bond donors (Lipinski definition) is 3. The molecule has 3 N–H and O–H groups in total. The zero-order valence-corrected chi connectivity index (χ0v) is 23.0. The van der Waals surface area contributed by atoms with Gasteiger partial charge in [0.1, 0.15) is 36.2 Å². The van der Waals surface area contributed by atoms with Crippen molar-refractivity contribution in [3.05, 3.63) is 99.3 Å². The Kier molecular flexibility index (Phi) is 8.55. The van der Waals surface area contributed by atoms with Crippen LogP contribution in [-0.2, 0) is 34.7 Å². The molecular weight excluding hydrogens is 557 g/mol. The van der Waals surface area contributed by atoms with Gasteiger partial charge in [-0.05, 0) is 24.6 Å². The summed E-state index contributed by atoms with van der Waals surface area (Å²) in [4.78, 5) is 38.8. The molecule has 1 aromatic heterocycles. The number of aliphatic hydroxyl groups is 1. The highest BCUT2D eigenvalue weighted by Crippen LogP contribution is 2.50. The van der Waals surface area contributed by atoms with E-state index in [-0.39, 0.29) is 12.4 Å². The molecule has 2 saturated heterocycles. The van der Waals surface area contributed by atoms with Crippen molar-refractivity contribution < 1.29 is 37.7 Å². The van der Waals surface area contributed by atoms with Gasteiger partial charge in [0.15, 0.2) is 6.23 Å². The maximum Gasteiger partial charge on any atom is 0.459 e. The fourth-order valence-corrected chi connectivity index (χ4v) is 6.15. The maximum atomic E-state index is 13.9. The number of hydrogen-bond acceptors (Lipinski definition) is 10. The number of benzene rings is 2. The van der Waals surface area contributed by atoms with Crippen LogP contribution in [0.2, 0.25) is 0 Å². The summed E-state index contributed by atoms with van der Waals surface area (Å²) in [6.45, 7) is 1.34. The van der Waals surface area contributed by atoms with Gasteiger partial charge < -0.3 is 23.8 Å². The molecule has 41 heavy (non-hydrogen) atoms. The van der Waals surface area contributed by atoms with E-state index in [1.54, 1.807) is 42.5 Å². The molecule has 0 bridgehead atoms. The SMILES string of the molecule is C[C@H](N[P@@](=O)(OC[C@H]1O[C@@H](n2ccc(=O)[nH]c2=O)[C@@]2(CCO2)[C@@H]1O)Oc1ccccc1)C(=O)OCc1ccccc1. The summed E-state index contributed by atoms with van der Waals surface area (Å²) in [5, 5.41) is 13.7. The molecule has 2 aliphatic heterocycles. The van der Waals surface area contributed by atoms with E-state index in [9.17, 15) is 24.1 Å². The number of aliphatic hydroxyl groups excluding tert-OH is 1. The van der Waals surface area contributed by atoms with Crippen molar-refractivity contribution in [2.75, 3.05) is 13.2 Å². The number of para-hydroxylation sites is 1. The fourth-order valence-electron chi connectivity index (χ4n) is 4.65. The third-order valence-electron chi connectivity index (χ3n) is 6.85. The Morgan fingerprint density at radius 2 is 1.85 bits per heavy atom. The quantitative estimate of drug-likeness (QED) is 0.221. The first kappa shape index (κ1) is 28.9. The molecule has 1 spiro atoms. The first-order chi connectivity index (χ1) is 19.7. The second-order valence-corrected chi connectivity index (χ2v) is 11.4. The molecule has 13 nitrogen and oxygen atoms in total. The Hall–Kier alpha value is -3.58. The van der Waals surface area contributed by atoms with Crippen molar-refractivity contribution in [1.82, 2.24) is 14.6 Å². The van der Waals surface area contributed by atoms with Crippen molar-refractivity contribution in [2.24, 2.45) is 0 Å². The second-order valence-electron chi connectivity index (χ2n) is 9.68. The molecule has 0 radical (unpaired) electrons. The van der Waals surface area contributed by atoms with Crippen LogP contribution in [-0.4, -0.2) is 57.7 Å². The molecule has 218 valence electrons. The predicted molar refractivity (Wildman–Crippen MR) is 144 cm³/mol. The zero-order valence-electron chi connectivity index (χ0n) is 22.1. The van der Waals surface area contributed by atoms with Crippen LogP contribution in [0.25, 0.3) is 0 Å². The largest absolute Gasteiger partial charge is 0.460 e. The molecule has 2 aliphatic rings. The Labute approximate surface area is 234 Å². The number of aromatic nitrogens is 2. The van der Waals surface area contributed by atoms with Gasteiger partial charge in [0.2, 0.25) is 0 Å². The topological polar surface area (TPSA) is 167 Å². The number of aromatic amines is 1. The van der Waals surface area contributed by atoms with Gasteiger partial charge in [-0.15, -0.1) is 0 Å². The normalized spacial score (nSPS) is 25.7. The fraction of sp³-hybridized carbons (Fsp3) is 0.370. The summed E-state index contributed by atoms with van der Waals surface area (Å²) in [7, 11) is -4.26. The van der Waals surface area contributed by atoms with Crippen LogP contribution in [0.1, 0.15) is 25.1 Å². The monoisotopic (exact) mass is 587 g/mol. The minimum absolute atomic E-state index is 0.0199. The number of carbonyl (C=O) groups is 1. The third kappa shape index (κ3) is 6.35. The van der Waals surface area contributed by atoms with Gasteiger partial charge in [-0.25, -0.2) is 9.36 Å². The van der Waals surface area contributed by atoms with Gasteiger partial charge in [-0.1, -0.05) is 48.5 Å². The highest BCUT2D eigenvalue weighted by Gasteiger charge is 2.62. The molecule has 2 fully saturated rings. The first-order valence-corrected chi connectivity index (χ1v) is 14.5. The molecule has 3 aromatic rings. The highest BCUT2D eigenvalue weighted by molar-refractivity contribution is 7.52. The third-order valence-corrected chi connectivity index (χ3v) is 8.49.